The van der Waals surface area contributed by atoms with Crippen molar-refractivity contribution in [3.8, 4) is 22.8 Å². The Morgan fingerprint density at radius 1 is 1.12 bits per heavy atom. The third-order valence-electron chi connectivity index (χ3n) is 3.95. The summed E-state index contributed by atoms with van der Waals surface area (Å²) >= 11 is 11.9. The van der Waals surface area contributed by atoms with Gasteiger partial charge in [-0.15, -0.1) is 0 Å². The molecule has 26 heavy (non-hydrogen) atoms. The van der Waals surface area contributed by atoms with Crippen molar-refractivity contribution >= 4 is 29.2 Å². The molecule has 0 fully saturated rings. The fraction of sp³-hybridized carbons (Fsp3) is 0.111. The molecule has 0 unspecified atom stereocenters. The zero-order valence-corrected chi connectivity index (χ0v) is 15.1. The summed E-state index contributed by atoms with van der Waals surface area (Å²) in [5.41, 5.74) is 1.25. The SMILES string of the molecule is Cn1c(-c2cccc(CC(=O)O)c2)c(O)n(-c2ccc(Cl)c(Cl)c2)c1=O. The van der Waals surface area contributed by atoms with E-state index in [9.17, 15) is 14.7 Å². The van der Waals surface area contributed by atoms with E-state index in [-0.39, 0.29) is 23.0 Å². The van der Waals surface area contributed by atoms with E-state index in [4.69, 9.17) is 28.3 Å². The van der Waals surface area contributed by atoms with E-state index in [2.05, 4.69) is 0 Å². The lowest BCUT2D eigenvalue weighted by atomic mass is 10.1. The number of aromatic nitrogens is 2. The summed E-state index contributed by atoms with van der Waals surface area (Å²) in [5.74, 6) is -1.24. The molecule has 0 saturated carbocycles. The second-order valence-corrected chi connectivity index (χ2v) is 6.53. The molecule has 0 amide bonds. The number of nitrogens with zero attached hydrogens (tertiary/aromatic N) is 2. The summed E-state index contributed by atoms with van der Waals surface area (Å²) in [5, 5.41) is 20.2. The molecule has 0 atom stereocenters. The Morgan fingerprint density at radius 2 is 1.85 bits per heavy atom. The summed E-state index contributed by atoms with van der Waals surface area (Å²) in [6, 6.07) is 11.2. The van der Waals surface area contributed by atoms with Gasteiger partial charge in [0.05, 0.1) is 22.2 Å². The van der Waals surface area contributed by atoms with Crippen molar-refractivity contribution in [1.29, 1.82) is 0 Å². The third-order valence-corrected chi connectivity index (χ3v) is 4.69. The van der Waals surface area contributed by atoms with Crippen LogP contribution in [-0.2, 0) is 18.3 Å². The van der Waals surface area contributed by atoms with Crippen molar-refractivity contribution < 1.29 is 15.0 Å². The molecule has 8 heteroatoms. The van der Waals surface area contributed by atoms with Crippen molar-refractivity contribution in [2.24, 2.45) is 7.05 Å². The number of carboxylic acids is 1. The molecule has 134 valence electrons. The minimum atomic E-state index is -0.964. The maximum absolute atomic E-state index is 12.6. The van der Waals surface area contributed by atoms with Gasteiger partial charge in [-0.2, -0.15) is 0 Å². The second kappa shape index (κ2) is 6.90. The van der Waals surface area contributed by atoms with Gasteiger partial charge < -0.3 is 10.2 Å². The Balaban J connectivity index is 2.18. The Hall–Kier alpha value is -2.70. The van der Waals surface area contributed by atoms with Gasteiger partial charge in [0, 0.05) is 12.6 Å². The molecule has 2 aromatic carbocycles. The second-order valence-electron chi connectivity index (χ2n) is 5.72. The molecule has 1 aromatic heterocycles. The van der Waals surface area contributed by atoms with E-state index in [1.807, 2.05) is 0 Å². The Kier molecular flexibility index (Phi) is 4.80. The van der Waals surface area contributed by atoms with Crippen LogP contribution in [0.3, 0.4) is 0 Å². The van der Waals surface area contributed by atoms with Crippen LogP contribution in [0.5, 0.6) is 5.88 Å². The van der Waals surface area contributed by atoms with Gasteiger partial charge in [-0.25, -0.2) is 9.36 Å². The van der Waals surface area contributed by atoms with Gasteiger partial charge in [0.25, 0.3) is 0 Å². The number of hydrogen-bond donors (Lipinski definition) is 2. The van der Waals surface area contributed by atoms with Crippen LogP contribution in [0, 0.1) is 0 Å². The van der Waals surface area contributed by atoms with Gasteiger partial charge in [0.1, 0.15) is 5.69 Å². The van der Waals surface area contributed by atoms with Crippen LogP contribution in [0.1, 0.15) is 5.56 Å². The van der Waals surface area contributed by atoms with Crippen LogP contribution in [0.25, 0.3) is 16.9 Å². The topological polar surface area (TPSA) is 84.5 Å². The maximum atomic E-state index is 12.6. The predicted molar refractivity (Wildman–Crippen MR) is 99.5 cm³/mol. The molecular formula is C18H14Cl2N2O4. The average Bonchev–Trinajstić information content (AvgIpc) is 2.79. The highest BCUT2D eigenvalue weighted by Gasteiger charge is 2.20. The van der Waals surface area contributed by atoms with E-state index in [0.29, 0.717) is 21.8 Å². The first kappa shape index (κ1) is 18.1. The number of aromatic hydroxyl groups is 1. The molecule has 0 aliphatic carbocycles. The molecule has 3 rings (SSSR count). The smallest absolute Gasteiger partial charge is 0.335 e. The predicted octanol–water partition coefficient (Wildman–Crippen LogP) is 3.48. The molecule has 3 aromatic rings. The summed E-state index contributed by atoms with van der Waals surface area (Å²) in [7, 11) is 1.52. The van der Waals surface area contributed by atoms with Crippen LogP contribution in [-0.4, -0.2) is 25.3 Å². The molecule has 0 radical (unpaired) electrons. The zero-order valence-electron chi connectivity index (χ0n) is 13.6. The highest BCUT2D eigenvalue weighted by Crippen LogP contribution is 2.32. The van der Waals surface area contributed by atoms with E-state index in [1.165, 1.54) is 23.7 Å². The quantitative estimate of drug-likeness (QED) is 0.711. The zero-order chi connectivity index (χ0) is 19.0. The fourth-order valence-electron chi connectivity index (χ4n) is 2.77. The van der Waals surface area contributed by atoms with Gasteiger partial charge in [0.2, 0.25) is 5.88 Å². The van der Waals surface area contributed by atoms with E-state index < -0.39 is 11.7 Å². The molecule has 0 spiro atoms. The largest absolute Gasteiger partial charge is 0.493 e. The van der Waals surface area contributed by atoms with Crippen LogP contribution in [0.4, 0.5) is 0 Å². The van der Waals surface area contributed by atoms with Crippen molar-refractivity contribution in [2.75, 3.05) is 0 Å². The molecular weight excluding hydrogens is 379 g/mol. The summed E-state index contributed by atoms with van der Waals surface area (Å²) in [4.78, 5) is 23.6. The first-order valence-corrected chi connectivity index (χ1v) is 8.32. The number of hydrogen-bond acceptors (Lipinski definition) is 3. The molecule has 0 aliphatic heterocycles. The highest BCUT2D eigenvalue weighted by molar-refractivity contribution is 6.42. The summed E-state index contributed by atoms with van der Waals surface area (Å²) in [6.45, 7) is 0. The third kappa shape index (κ3) is 3.21. The number of halogens is 2. The van der Waals surface area contributed by atoms with Gasteiger partial charge in [-0.1, -0.05) is 41.4 Å². The van der Waals surface area contributed by atoms with E-state index in [1.54, 1.807) is 30.3 Å². The standard InChI is InChI=1S/C18H14Cl2N2O4/c1-21-16(11-4-2-3-10(7-11)8-15(23)24)17(25)22(18(21)26)12-5-6-13(19)14(20)9-12/h2-7,9,25H,8H2,1H3,(H,23,24). The first-order valence-electron chi connectivity index (χ1n) is 7.57. The first-order chi connectivity index (χ1) is 12.3. The lowest BCUT2D eigenvalue weighted by Gasteiger charge is -2.07. The fourth-order valence-corrected chi connectivity index (χ4v) is 3.07. The maximum Gasteiger partial charge on any atom is 0.335 e. The van der Waals surface area contributed by atoms with Gasteiger partial charge in [0.15, 0.2) is 0 Å². The van der Waals surface area contributed by atoms with Crippen LogP contribution in [0.2, 0.25) is 10.0 Å². The molecule has 0 aliphatic rings. The van der Waals surface area contributed by atoms with Gasteiger partial charge >= 0.3 is 11.7 Å². The van der Waals surface area contributed by atoms with Gasteiger partial charge in [-0.3, -0.25) is 9.36 Å². The minimum Gasteiger partial charge on any atom is -0.493 e. The highest BCUT2D eigenvalue weighted by atomic mass is 35.5. The molecule has 0 bridgehead atoms. The van der Waals surface area contributed by atoms with Crippen molar-refractivity contribution in [1.82, 2.24) is 9.13 Å². The number of aliphatic carboxylic acids is 1. The van der Waals surface area contributed by atoms with Crippen LogP contribution in [0.15, 0.2) is 47.3 Å². The molecule has 6 nitrogen and oxygen atoms in total. The number of benzene rings is 2. The lowest BCUT2D eigenvalue weighted by Crippen LogP contribution is -2.21. The summed E-state index contributed by atoms with van der Waals surface area (Å²) < 4.78 is 2.40. The summed E-state index contributed by atoms with van der Waals surface area (Å²) in [6.07, 6.45) is -0.157. The van der Waals surface area contributed by atoms with Crippen LogP contribution >= 0.6 is 23.2 Å². The van der Waals surface area contributed by atoms with E-state index in [0.717, 1.165) is 4.57 Å². The van der Waals surface area contributed by atoms with Crippen molar-refractivity contribution in [3.63, 3.8) is 0 Å². The number of carbonyl (C=O) groups is 1. The van der Waals surface area contributed by atoms with Crippen molar-refractivity contribution in [2.45, 2.75) is 6.42 Å². The molecule has 0 saturated heterocycles. The number of carboxylic acid groups (broad SMARTS) is 1. The Bertz CT molecular complexity index is 1070. The normalized spacial score (nSPS) is 10.9. The Morgan fingerprint density at radius 3 is 2.50 bits per heavy atom. The van der Waals surface area contributed by atoms with Crippen LogP contribution < -0.4 is 5.69 Å². The van der Waals surface area contributed by atoms with E-state index >= 15 is 0 Å². The molecule has 2 N–H and O–H groups in total. The molecule has 1 heterocycles. The Labute approximate surface area is 158 Å². The lowest BCUT2D eigenvalue weighted by molar-refractivity contribution is -0.136. The number of imidazole rings is 1. The van der Waals surface area contributed by atoms with Gasteiger partial charge in [-0.05, 0) is 29.8 Å². The monoisotopic (exact) mass is 392 g/mol. The van der Waals surface area contributed by atoms with Crippen molar-refractivity contribution in [3.05, 3.63) is 68.6 Å². The average molecular weight is 393 g/mol. The minimum absolute atomic E-state index is 0.157. The number of rotatable bonds is 4.